The number of hydrogen-bond acceptors (Lipinski definition) is 5. The van der Waals surface area contributed by atoms with Crippen LogP contribution in [0.1, 0.15) is 36.2 Å². The molecule has 1 heterocycles. The zero-order valence-electron chi connectivity index (χ0n) is 16.3. The lowest BCUT2D eigenvalue weighted by Crippen LogP contribution is -2.32. The van der Waals surface area contributed by atoms with Crippen LogP contribution >= 0.6 is 0 Å². The van der Waals surface area contributed by atoms with E-state index in [9.17, 15) is 13.2 Å². The van der Waals surface area contributed by atoms with Gasteiger partial charge in [0.05, 0.1) is 17.7 Å². The fourth-order valence-corrected chi connectivity index (χ4v) is 4.19. The van der Waals surface area contributed by atoms with E-state index in [1.54, 1.807) is 24.3 Å². The molecule has 1 aliphatic heterocycles. The molecule has 0 atom stereocenters. The summed E-state index contributed by atoms with van der Waals surface area (Å²) in [4.78, 5) is 12.0. The molecule has 2 aromatic rings. The monoisotopic (exact) mass is 404 g/mol. The molecule has 2 N–H and O–H groups in total. The third kappa shape index (κ3) is 4.06. The second-order valence-corrected chi connectivity index (χ2v) is 8.91. The molecule has 8 heteroatoms. The van der Waals surface area contributed by atoms with Gasteiger partial charge in [-0.15, -0.1) is 0 Å². The molecule has 0 saturated heterocycles. The van der Waals surface area contributed by atoms with Crippen LogP contribution in [-0.4, -0.2) is 34.1 Å². The predicted octanol–water partition coefficient (Wildman–Crippen LogP) is 2.96. The Morgan fingerprint density at radius 2 is 1.93 bits per heavy atom. The number of sulfonamides is 1. The van der Waals surface area contributed by atoms with Crippen LogP contribution in [0.2, 0.25) is 0 Å². The van der Waals surface area contributed by atoms with E-state index in [4.69, 9.17) is 9.47 Å². The summed E-state index contributed by atoms with van der Waals surface area (Å²) < 4.78 is 39.5. The minimum absolute atomic E-state index is 0.127. The van der Waals surface area contributed by atoms with Crippen molar-refractivity contribution in [2.24, 2.45) is 0 Å². The van der Waals surface area contributed by atoms with E-state index >= 15 is 0 Å². The molecular weight excluding hydrogens is 380 g/mol. The number of methoxy groups -OCH3 is 1. The van der Waals surface area contributed by atoms with E-state index in [1.807, 2.05) is 13.8 Å². The van der Waals surface area contributed by atoms with Crippen molar-refractivity contribution in [1.29, 1.82) is 0 Å². The quantitative estimate of drug-likeness (QED) is 0.799. The number of anilines is 1. The number of carbonyl (C=O) groups is 1. The summed E-state index contributed by atoms with van der Waals surface area (Å²) in [5, 5.41) is 2.51. The minimum Gasteiger partial charge on any atom is -0.495 e. The topological polar surface area (TPSA) is 93.7 Å². The van der Waals surface area contributed by atoms with Gasteiger partial charge in [-0.05, 0) is 68.7 Å². The van der Waals surface area contributed by atoms with Gasteiger partial charge in [-0.25, -0.2) is 8.42 Å². The first-order valence-electron chi connectivity index (χ1n) is 8.90. The molecule has 0 spiro atoms. The van der Waals surface area contributed by atoms with E-state index in [2.05, 4.69) is 10.0 Å². The van der Waals surface area contributed by atoms with Gasteiger partial charge >= 0.3 is 0 Å². The number of benzene rings is 2. The summed E-state index contributed by atoms with van der Waals surface area (Å²) >= 11 is 0. The smallest absolute Gasteiger partial charge is 0.262 e. The average Bonchev–Trinajstić information content (AvgIpc) is 2.65. The maximum Gasteiger partial charge on any atom is 0.262 e. The standard InChI is InChI=1S/C20H24N2O5S/c1-20(2)10-9-13-11-15(6-8-17(13)27-20)28(24,25)22-16-12-14(19(23)21-3)5-7-18(16)26-4/h5-8,11-12,22H,9-10H2,1-4H3,(H,21,23). The maximum absolute atomic E-state index is 12.9. The van der Waals surface area contributed by atoms with E-state index < -0.39 is 10.0 Å². The van der Waals surface area contributed by atoms with Crippen molar-refractivity contribution in [3.63, 3.8) is 0 Å². The molecule has 150 valence electrons. The number of fused-ring (bicyclic) bond motifs is 1. The van der Waals surface area contributed by atoms with Crippen LogP contribution in [0.5, 0.6) is 11.5 Å². The third-order valence-corrected chi connectivity index (χ3v) is 6.02. The van der Waals surface area contributed by atoms with Gasteiger partial charge < -0.3 is 14.8 Å². The first kappa shape index (κ1) is 20.0. The summed E-state index contributed by atoms with van der Waals surface area (Å²) in [6.07, 6.45) is 1.54. The van der Waals surface area contributed by atoms with Crippen LogP contribution in [0, 0.1) is 0 Å². The van der Waals surface area contributed by atoms with Crippen LogP contribution in [0.15, 0.2) is 41.3 Å². The Bertz CT molecular complexity index is 1020. The van der Waals surface area contributed by atoms with Crippen molar-refractivity contribution in [1.82, 2.24) is 5.32 Å². The number of aryl methyl sites for hydroxylation is 1. The van der Waals surface area contributed by atoms with Crippen molar-refractivity contribution in [2.45, 2.75) is 37.2 Å². The summed E-state index contributed by atoms with van der Waals surface area (Å²) in [5.74, 6) is 0.699. The average molecular weight is 404 g/mol. The van der Waals surface area contributed by atoms with E-state index in [0.717, 1.165) is 18.4 Å². The van der Waals surface area contributed by atoms with Crippen molar-refractivity contribution < 1.29 is 22.7 Å². The van der Waals surface area contributed by atoms with E-state index in [-0.39, 0.29) is 22.1 Å². The summed E-state index contributed by atoms with van der Waals surface area (Å²) in [7, 11) is -0.933. The van der Waals surface area contributed by atoms with Crippen LogP contribution in [0.25, 0.3) is 0 Å². The Morgan fingerprint density at radius 3 is 2.61 bits per heavy atom. The highest BCUT2D eigenvalue weighted by Crippen LogP contribution is 2.35. The molecule has 3 rings (SSSR count). The molecule has 0 aliphatic carbocycles. The predicted molar refractivity (Wildman–Crippen MR) is 107 cm³/mol. The maximum atomic E-state index is 12.9. The first-order chi connectivity index (χ1) is 13.1. The van der Waals surface area contributed by atoms with Crippen LogP contribution in [0.4, 0.5) is 5.69 Å². The second kappa shape index (κ2) is 7.35. The normalized spacial score (nSPS) is 15.1. The highest BCUT2D eigenvalue weighted by Gasteiger charge is 2.28. The molecule has 1 aliphatic rings. The molecular formula is C20H24N2O5S. The third-order valence-electron chi connectivity index (χ3n) is 4.66. The van der Waals surface area contributed by atoms with Crippen molar-refractivity contribution in [3.05, 3.63) is 47.5 Å². The van der Waals surface area contributed by atoms with Gasteiger partial charge in [0.15, 0.2) is 0 Å². The largest absolute Gasteiger partial charge is 0.495 e. The Labute approximate surface area is 165 Å². The fraction of sp³-hybridized carbons (Fsp3) is 0.350. The number of nitrogens with one attached hydrogen (secondary N) is 2. The van der Waals surface area contributed by atoms with Crippen molar-refractivity contribution in [3.8, 4) is 11.5 Å². The van der Waals surface area contributed by atoms with E-state index in [0.29, 0.717) is 17.1 Å². The van der Waals surface area contributed by atoms with Gasteiger partial charge in [-0.2, -0.15) is 0 Å². The molecule has 0 radical (unpaired) electrons. The molecule has 1 amide bonds. The second-order valence-electron chi connectivity index (χ2n) is 7.23. The molecule has 0 aromatic heterocycles. The minimum atomic E-state index is -3.87. The van der Waals surface area contributed by atoms with Gasteiger partial charge in [0.25, 0.3) is 15.9 Å². The molecule has 0 unspecified atom stereocenters. The summed E-state index contributed by atoms with van der Waals surface area (Å²) in [6.45, 7) is 4.02. The summed E-state index contributed by atoms with van der Waals surface area (Å²) in [5.41, 5.74) is 1.10. The Morgan fingerprint density at radius 1 is 1.18 bits per heavy atom. The lowest BCUT2D eigenvalue weighted by molar-refractivity contribution is 0.0845. The van der Waals surface area contributed by atoms with Gasteiger partial charge in [0.1, 0.15) is 17.1 Å². The number of ether oxygens (including phenoxy) is 2. The molecule has 0 fully saturated rings. The van der Waals surface area contributed by atoms with Crippen molar-refractivity contribution >= 4 is 21.6 Å². The van der Waals surface area contributed by atoms with Gasteiger partial charge in [-0.3, -0.25) is 9.52 Å². The zero-order valence-corrected chi connectivity index (χ0v) is 17.1. The number of rotatable bonds is 5. The number of amides is 1. The molecule has 7 nitrogen and oxygen atoms in total. The van der Waals surface area contributed by atoms with E-state index in [1.165, 1.54) is 26.3 Å². The SMILES string of the molecule is CNC(=O)c1ccc(OC)c(NS(=O)(=O)c2ccc3c(c2)CCC(C)(C)O3)c1. The lowest BCUT2D eigenvalue weighted by Gasteiger charge is -2.32. The van der Waals surface area contributed by atoms with Crippen LogP contribution < -0.4 is 19.5 Å². The molecule has 2 aromatic carbocycles. The first-order valence-corrected chi connectivity index (χ1v) is 10.4. The summed E-state index contributed by atoms with van der Waals surface area (Å²) in [6, 6.07) is 9.38. The van der Waals surface area contributed by atoms with Gasteiger partial charge in [0.2, 0.25) is 0 Å². The highest BCUT2D eigenvalue weighted by molar-refractivity contribution is 7.92. The van der Waals surface area contributed by atoms with Crippen LogP contribution in [0.3, 0.4) is 0 Å². The lowest BCUT2D eigenvalue weighted by atomic mass is 9.94. The highest BCUT2D eigenvalue weighted by atomic mass is 32.2. The van der Waals surface area contributed by atoms with Crippen molar-refractivity contribution in [2.75, 3.05) is 18.9 Å². The van der Waals surface area contributed by atoms with Crippen LogP contribution in [-0.2, 0) is 16.4 Å². The fourth-order valence-electron chi connectivity index (χ4n) is 3.08. The van der Waals surface area contributed by atoms with Gasteiger partial charge in [-0.1, -0.05) is 0 Å². The Balaban J connectivity index is 1.93. The van der Waals surface area contributed by atoms with Gasteiger partial charge in [0, 0.05) is 12.6 Å². The Hall–Kier alpha value is -2.74. The number of hydrogen-bond donors (Lipinski definition) is 2. The zero-order chi connectivity index (χ0) is 20.5. The number of carbonyl (C=O) groups excluding carboxylic acids is 1. The molecule has 28 heavy (non-hydrogen) atoms. The molecule has 0 bridgehead atoms. The Kier molecular flexibility index (Phi) is 5.25. The molecule has 0 saturated carbocycles.